The van der Waals surface area contributed by atoms with Gasteiger partial charge < -0.3 is 4.74 Å². The van der Waals surface area contributed by atoms with E-state index in [1.807, 2.05) is 30.3 Å². The maximum absolute atomic E-state index is 12.7. The number of morpholine rings is 1. The van der Waals surface area contributed by atoms with Crippen LogP contribution >= 0.6 is 0 Å². The van der Waals surface area contributed by atoms with Gasteiger partial charge in [-0.3, -0.25) is 14.5 Å². The van der Waals surface area contributed by atoms with E-state index in [0.29, 0.717) is 0 Å². The van der Waals surface area contributed by atoms with Crippen LogP contribution in [0.5, 0.6) is 0 Å². The molecule has 5 nitrogen and oxygen atoms in total. The lowest BCUT2D eigenvalue weighted by atomic mass is 9.93. The van der Waals surface area contributed by atoms with Crippen molar-refractivity contribution in [2.24, 2.45) is 0 Å². The molecule has 1 heterocycles. The first-order valence-electron chi connectivity index (χ1n) is 6.72. The predicted molar refractivity (Wildman–Crippen MR) is 78.2 cm³/mol. The first kappa shape index (κ1) is 14.0. The van der Waals surface area contributed by atoms with Gasteiger partial charge in [-0.1, -0.05) is 36.9 Å². The highest BCUT2D eigenvalue weighted by atomic mass is 16.6. The van der Waals surface area contributed by atoms with Crippen LogP contribution in [0.3, 0.4) is 0 Å². The molecule has 1 aromatic carbocycles. The van der Waals surface area contributed by atoms with Crippen LogP contribution in [-0.2, 0) is 25.7 Å². The molecule has 2 aliphatic rings. The number of amides is 1. The van der Waals surface area contributed by atoms with Crippen molar-refractivity contribution in [1.29, 1.82) is 0 Å². The molecular weight excluding hydrogens is 282 g/mol. The molecule has 0 unspecified atom stereocenters. The first-order chi connectivity index (χ1) is 10.5. The van der Waals surface area contributed by atoms with E-state index in [9.17, 15) is 14.4 Å². The van der Waals surface area contributed by atoms with Crippen LogP contribution in [0.4, 0.5) is 0 Å². The molecule has 22 heavy (non-hydrogen) atoms. The fourth-order valence-electron chi connectivity index (χ4n) is 2.37. The summed E-state index contributed by atoms with van der Waals surface area (Å²) in [5, 5.41) is 0. The Hall–Kier alpha value is -2.95. The number of allylic oxidation sites excluding steroid dienone is 2. The summed E-state index contributed by atoms with van der Waals surface area (Å²) >= 11 is 0. The third-order valence-corrected chi connectivity index (χ3v) is 3.58. The summed E-state index contributed by atoms with van der Waals surface area (Å²) in [7, 11) is 0. The van der Waals surface area contributed by atoms with Crippen LogP contribution in [0, 0.1) is 0 Å². The van der Waals surface area contributed by atoms with Crippen LogP contribution in [-0.4, -0.2) is 28.2 Å². The Morgan fingerprint density at radius 1 is 1.05 bits per heavy atom. The van der Waals surface area contributed by atoms with Crippen molar-refractivity contribution in [2.75, 3.05) is 0 Å². The van der Waals surface area contributed by atoms with E-state index >= 15 is 0 Å². The number of carbonyl (C=O) groups is 3. The zero-order valence-electron chi connectivity index (χ0n) is 11.7. The number of ether oxygens (including phenoxy) is 1. The summed E-state index contributed by atoms with van der Waals surface area (Å²) < 4.78 is 5.20. The van der Waals surface area contributed by atoms with Gasteiger partial charge in [-0.15, -0.1) is 0 Å². The van der Waals surface area contributed by atoms with E-state index in [1.54, 1.807) is 0 Å². The van der Waals surface area contributed by atoms with Gasteiger partial charge in [0.25, 0.3) is 5.91 Å². The van der Waals surface area contributed by atoms with Gasteiger partial charge >= 0.3 is 5.97 Å². The van der Waals surface area contributed by atoms with Crippen LogP contribution in [0.15, 0.2) is 66.9 Å². The molecule has 1 aliphatic carbocycles. The second kappa shape index (κ2) is 5.11. The minimum atomic E-state index is -1.55. The van der Waals surface area contributed by atoms with Gasteiger partial charge in [-0.25, -0.2) is 4.79 Å². The Labute approximate surface area is 127 Å². The topological polar surface area (TPSA) is 63.7 Å². The van der Waals surface area contributed by atoms with E-state index in [4.69, 9.17) is 4.74 Å². The zero-order valence-corrected chi connectivity index (χ0v) is 11.7. The molecule has 1 aliphatic heterocycles. The van der Waals surface area contributed by atoms with Crippen LogP contribution in [0.2, 0.25) is 0 Å². The average molecular weight is 295 g/mol. The smallest absolute Gasteiger partial charge is 0.356 e. The largest absolute Gasteiger partial charge is 0.436 e. The number of hydrogen-bond donors (Lipinski definition) is 0. The first-order valence-corrected chi connectivity index (χ1v) is 6.72. The summed E-state index contributed by atoms with van der Waals surface area (Å²) in [6, 6.07) is 9.26. The van der Waals surface area contributed by atoms with E-state index < -0.39 is 17.5 Å². The van der Waals surface area contributed by atoms with Gasteiger partial charge in [0, 0.05) is 0 Å². The van der Waals surface area contributed by atoms with Crippen LogP contribution < -0.4 is 0 Å². The SMILES string of the molecule is C=C1C(=O)OC2(C=CC(=O)C=C2)C(=O)N1Cc1ccccc1. The lowest BCUT2D eigenvalue weighted by molar-refractivity contribution is -0.170. The summed E-state index contributed by atoms with van der Waals surface area (Å²) in [5.74, 6) is -1.38. The Bertz CT molecular complexity index is 714. The van der Waals surface area contributed by atoms with Crippen LogP contribution in [0.25, 0.3) is 0 Å². The molecule has 0 saturated carbocycles. The molecule has 0 bridgehead atoms. The Balaban J connectivity index is 1.95. The van der Waals surface area contributed by atoms with Gasteiger partial charge in [0.2, 0.25) is 5.60 Å². The fraction of sp³-hybridized carbons (Fsp3) is 0.118. The van der Waals surface area contributed by atoms with Crippen molar-refractivity contribution in [3.8, 4) is 0 Å². The van der Waals surface area contributed by atoms with E-state index in [0.717, 1.165) is 5.56 Å². The summed E-state index contributed by atoms with van der Waals surface area (Å²) in [6.45, 7) is 3.84. The molecule has 1 saturated heterocycles. The van der Waals surface area contributed by atoms with Gasteiger partial charge in [-0.2, -0.15) is 0 Å². The van der Waals surface area contributed by atoms with Crippen molar-refractivity contribution < 1.29 is 19.1 Å². The number of carbonyl (C=O) groups excluding carboxylic acids is 3. The maximum Gasteiger partial charge on any atom is 0.356 e. The average Bonchev–Trinajstić information content (AvgIpc) is 2.53. The molecule has 0 N–H and O–H groups in total. The summed E-state index contributed by atoms with van der Waals surface area (Å²) in [4.78, 5) is 37.3. The van der Waals surface area contributed by atoms with Crippen molar-refractivity contribution >= 4 is 17.7 Å². The third kappa shape index (κ3) is 2.26. The zero-order chi connectivity index (χ0) is 15.7. The van der Waals surface area contributed by atoms with Crippen molar-refractivity contribution in [3.05, 3.63) is 72.5 Å². The molecule has 5 heteroatoms. The van der Waals surface area contributed by atoms with Crippen LogP contribution in [0.1, 0.15) is 5.56 Å². The monoisotopic (exact) mass is 295 g/mol. The minimum absolute atomic E-state index is 0.0156. The Morgan fingerprint density at radius 2 is 1.68 bits per heavy atom. The molecule has 0 radical (unpaired) electrons. The van der Waals surface area contributed by atoms with Gasteiger partial charge in [0.05, 0.1) is 6.54 Å². The molecule has 1 spiro atoms. The quantitative estimate of drug-likeness (QED) is 0.613. The lowest BCUT2D eigenvalue weighted by Crippen LogP contribution is -2.55. The number of ketones is 1. The van der Waals surface area contributed by atoms with E-state index in [-0.39, 0.29) is 18.0 Å². The number of esters is 1. The van der Waals surface area contributed by atoms with Crippen molar-refractivity contribution in [3.63, 3.8) is 0 Å². The van der Waals surface area contributed by atoms with E-state index in [1.165, 1.54) is 29.2 Å². The molecule has 0 atom stereocenters. The standard InChI is InChI=1S/C17H13NO4/c1-12-15(20)22-17(9-7-14(19)8-10-17)16(21)18(12)11-13-5-3-2-4-6-13/h2-10H,1,11H2. The molecule has 3 rings (SSSR count). The van der Waals surface area contributed by atoms with Gasteiger partial charge in [0.15, 0.2) is 5.78 Å². The summed E-state index contributed by atoms with van der Waals surface area (Å²) in [6.07, 6.45) is 5.06. The molecule has 1 fully saturated rings. The normalized spacial score (nSPS) is 19.7. The highest BCUT2D eigenvalue weighted by Gasteiger charge is 2.48. The molecule has 110 valence electrons. The summed E-state index contributed by atoms with van der Waals surface area (Å²) in [5.41, 5.74) is -0.707. The minimum Gasteiger partial charge on any atom is -0.436 e. The Kier molecular flexibility index (Phi) is 3.25. The molecule has 1 aromatic rings. The fourth-order valence-corrected chi connectivity index (χ4v) is 2.37. The highest BCUT2D eigenvalue weighted by molar-refractivity contribution is 6.08. The van der Waals surface area contributed by atoms with Crippen molar-refractivity contribution in [2.45, 2.75) is 12.1 Å². The number of benzene rings is 1. The third-order valence-electron chi connectivity index (χ3n) is 3.58. The second-order valence-corrected chi connectivity index (χ2v) is 5.08. The molecule has 1 amide bonds. The molecule has 0 aromatic heterocycles. The lowest BCUT2D eigenvalue weighted by Gasteiger charge is -2.38. The van der Waals surface area contributed by atoms with Gasteiger partial charge in [0.1, 0.15) is 5.70 Å². The molecular formula is C17H13NO4. The predicted octanol–water partition coefficient (Wildman–Crippen LogP) is 1.52. The number of rotatable bonds is 2. The Morgan fingerprint density at radius 3 is 2.32 bits per heavy atom. The number of nitrogens with zero attached hydrogens (tertiary/aromatic N) is 1. The number of hydrogen-bond acceptors (Lipinski definition) is 4. The maximum atomic E-state index is 12.7. The van der Waals surface area contributed by atoms with E-state index in [2.05, 4.69) is 6.58 Å². The highest BCUT2D eigenvalue weighted by Crippen LogP contribution is 2.31. The van der Waals surface area contributed by atoms with Gasteiger partial charge in [-0.05, 0) is 29.9 Å². The van der Waals surface area contributed by atoms with Crippen molar-refractivity contribution in [1.82, 2.24) is 4.90 Å². The second-order valence-electron chi connectivity index (χ2n) is 5.08.